The van der Waals surface area contributed by atoms with Crippen molar-refractivity contribution in [2.75, 3.05) is 13.1 Å². The third-order valence-corrected chi connectivity index (χ3v) is 1.76. The summed E-state index contributed by atoms with van der Waals surface area (Å²) in [5.41, 5.74) is 7.66. The zero-order valence-electron chi connectivity index (χ0n) is 10.6. The molecule has 6 heteroatoms. The molecule has 0 fully saturated rings. The Labute approximate surface area is 96.2 Å². The molecular weight excluding hydrogens is 208 g/mol. The Morgan fingerprint density at radius 3 is 2.44 bits per heavy atom. The molecule has 92 valence electrons. The highest BCUT2D eigenvalue weighted by atomic mass is 16.6. The van der Waals surface area contributed by atoms with Crippen LogP contribution in [0.15, 0.2) is 5.11 Å². The second-order valence-electron chi connectivity index (χ2n) is 4.72. The normalized spacial score (nSPS) is 10.9. The van der Waals surface area contributed by atoms with Gasteiger partial charge in [0, 0.05) is 24.0 Å². The first-order valence-corrected chi connectivity index (χ1v) is 5.28. The molecule has 0 bridgehead atoms. The molecule has 0 aliphatic carbocycles. The van der Waals surface area contributed by atoms with E-state index in [0.29, 0.717) is 6.54 Å². The lowest BCUT2D eigenvalue weighted by molar-refractivity contribution is 0.0198. The van der Waals surface area contributed by atoms with Crippen LogP contribution in [0.3, 0.4) is 0 Å². The van der Waals surface area contributed by atoms with Gasteiger partial charge in [0.2, 0.25) is 0 Å². The monoisotopic (exact) mass is 228 g/mol. The SMILES string of the molecule is CC(C)N(CCN=[N+]=[N-])C(=O)OC(C)(C)C. The maximum absolute atomic E-state index is 11.8. The summed E-state index contributed by atoms with van der Waals surface area (Å²) in [6, 6.07) is 0.0174. The second kappa shape index (κ2) is 6.23. The van der Waals surface area contributed by atoms with Gasteiger partial charge in [-0.25, -0.2) is 4.79 Å². The van der Waals surface area contributed by atoms with Crippen LogP contribution in [0, 0.1) is 0 Å². The molecule has 0 N–H and O–H groups in total. The van der Waals surface area contributed by atoms with Crippen molar-refractivity contribution >= 4 is 6.09 Å². The van der Waals surface area contributed by atoms with Crippen LogP contribution in [-0.4, -0.2) is 35.7 Å². The number of ether oxygens (including phenoxy) is 1. The van der Waals surface area contributed by atoms with Gasteiger partial charge in [-0.2, -0.15) is 0 Å². The molecule has 16 heavy (non-hydrogen) atoms. The average molecular weight is 228 g/mol. The third-order valence-electron chi connectivity index (χ3n) is 1.76. The Morgan fingerprint density at radius 2 is 2.06 bits per heavy atom. The zero-order valence-corrected chi connectivity index (χ0v) is 10.6. The Bertz CT molecular complexity index is 277. The van der Waals surface area contributed by atoms with E-state index in [9.17, 15) is 4.79 Å². The summed E-state index contributed by atoms with van der Waals surface area (Å²) in [6.45, 7) is 9.86. The highest BCUT2D eigenvalue weighted by molar-refractivity contribution is 5.68. The highest BCUT2D eigenvalue weighted by Crippen LogP contribution is 2.11. The second-order valence-corrected chi connectivity index (χ2v) is 4.72. The van der Waals surface area contributed by atoms with E-state index in [0.717, 1.165) is 0 Å². The molecule has 0 saturated heterocycles. The first-order chi connectivity index (χ1) is 7.28. The van der Waals surface area contributed by atoms with Crippen LogP contribution >= 0.6 is 0 Å². The van der Waals surface area contributed by atoms with E-state index in [1.165, 1.54) is 0 Å². The minimum absolute atomic E-state index is 0.0174. The summed E-state index contributed by atoms with van der Waals surface area (Å²) in [6.07, 6.45) is -0.379. The van der Waals surface area contributed by atoms with E-state index in [-0.39, 0.29) is 18.7 Å². The maximum Gasteiger partial charge on any atom is 0.410 e. The molecule has 6 nitrogen and oxygen atoms in total. The number of hydrogen-bond donors (Lipinski definition) is 0. The van der Waals surface area contributed by atoms with Crippen molar-refractivity contribution in [2.45, 2.75) is 46.3 Å². The van der Waals surface area contributed by atoms with Crippen molar-refractivity contribution in [2.24, 2.45) is 5.11 Å². The van der Waals surface area contributed by atoms with Gasteiger partial charge in [0.15, 0.2) is 0 Å². The quantitative estimate of drug-likeness (QED) is 0.421. The topological polar surface area (TPSA) is 78.3 Å². The molecule has 0 heterocycles. The summed E-state index contributed by atoms with van der Waals surface area (Å²) in [5, 5.41) is 3.40. The van der Waals surface area contributed by atoms with Crippen LogP contribution in [0.1, 0.15) is 34.6 Å². The summed E-state index contributed by atoms with van der Waals surface area (Å²) < 4.78 is 5.24. The van der Waals surface area contributed by atoms with Crippen molar-refractivity contribution in [3.05, 3.63) is 10.4 Å². The standard InChI is InChI=1S/C10H20N4O2/c1-8(2)14(7-6-12-13-11)9(15)16-10(3,4)5/h8H,6-7H2,1-5H3. The number of rotatable bonds is 4. The highest BCUT2D eigenvalue weighted by Gasteiger charge is 2.23. The van der Waals surface area contributed by atoms with Crippen LogP contribution in [-0.2, 0) is 4.74 Å². The Kier molecular flexibility index (Phi) is 5.67. The lowest BCUT2D eigenvalue weighted by Crippen LogP contribution is -2.42. The van der Waals surface area contributed by atoms with Crippen LogP contribution in [0.5, 0.6) is 0 Å². The molecule has 0 aliphatic heterocycles. The lowest BCUT2D eigenvalue weighted by atomic mass is 10.2. The zero-order chi connectivity index (χ0) is 12.8. The van der Waals surface area contributed by atoms with E-state index >= 15 is 0 Å². The molecule has 0 aliphatic rings. The van der Waals surface area contributed by atoms with E-state index in [2.05, 4.69) is 10.0 Å². The maximum atomic E-state index is 11.8. The molecule has 0 aromatic carbocycles. The van der Waals surface area contributed by atoms with E-state index in [4.69, 9.17) is 10.3 Å². The fraction of sp³-hybridized carbons (Fsp3) is 0.900. The van der Waals surface area contributed by atoms with Gasteiger partial charge in [-0.1, -0.05) is 5.11 Å². The van der Waals surface area contributed by atoms with Gasteiger partial charge in [0.25, 0.3) is 0 Å². The minimum Gasteiger partial charge on any atom is -0.444 e. The van der Waals surface area contributed by atoms with Crippen molar-refractivity contribution in [3.63, 3.8) is 0 Å². The number of hydrogen-bond acceptors (Lipinski definition) is 3. The fourth-order valence-corrected chi connectivity index (χ4v) is 1.08. The molecule has 0 aromatic heterocycles. The average Bonchev–Trinajstić information content (AvgIpc) is 2.08. The van der Waals surface area contributed by atoms with Crippen molar-refractivity contribution < 1.29 is 9.53 Å². The summed E-state index contributed by atoms with van der Waals surface area (Å²) in [7, 11) is 0. The Balaban J connectivity index is 4.41. The number of carbonyl (C=O) groups is 1. The molecule has 0 rings (SSSR count). The molecule has 0 aromatic rings. The molecule has 1 amide bonds. The van der Waals surface area contributed by atoms with Crippen LogP contribution in [0.25, 0.3) is 10.4 Å². The van der Waals surface area contributed by atoms with E-state index < -0.39 is 5.60 Å². The number of amides is 1. The molecule has 0 atom stereocenters. The fourth-order valence-electron chi connectivity index (χ4n) is 1.08. The third kappa shape index (κ3) is 6.14. The molecule has 0 unspecified atom stereocenters. The van der Waals surface area contributed by atoms with Gasteiger partial charge in [-0.05, 0) is 40.1 Å². The van der Waals surface area contributed by atoms with Crippen molar-refractivity contribution in [1.29, 1.82) is 0 Å². The Morgan fingerprint density at radius 1 is 1.50 bits per heavy atom. The smallest absolute Gasteiger partial charge is 0.410 e. The number of carbonyl (C=O) groups excluding carboxylic acids is 1. The van der Waals surface area contributed by atoms with Crippen LogP contribution in [0.4, 0.5) is 4.79 Å². The largest absolute Gasteiger partial charge is 0.444 e. The van der Waals surface area contributed by atoms with Crippen LogP contribution in [0.2, 0.25) is 0 Å². The number of azide groups is 1. The first-order valence-electron chi connectivity index (χ1n) is 5.28. The minimum atomic E-state index is -0.511. The van der Waals surface area contributed by atoms with Gasteiger partial charge in [0.05, 0.1) is 0 Å². The van der Waals surface area contributed by atoms with Gasteiger partial charge in [-0.15, -0.1) is 0 Å². The van der Waals surface area contributed by atoms with Crippen molar-refractivity contribution in [3.8, 4) is 0 Å². The summed E-state index contributed by atoms with van der Waals surface area (Å²) >= 11 is 0. The number of nitrogens with zero attached hydrogens (tertiary/aromatic N) is 4. The molecular formula is C10H20N4O2. The Hall–Kier alpha value is -1.42. The predicted molar refractivity (Wildman–Crippen MR) is 62.1 cm³/mol. The van der Waals surface area contributed by atoms with Gasteiger partial charge < -0.3 is 9.64 Å². The summed E-state index contributed by atoms with van der Waals surface area (Å²) in [5.74, 6) is 0. The van der Waals surface area contributed by atoms with Gasteiger partial charge in [0.1, 0.15) is 5.60 Å². The van der Waals surface area contributed by atoms with Crippen LogP contribution < -0.4 is 0 Å². The molecule has 0 saturated carbocycles. The van der Waals surface area contributed by atoms with E-state index in [1.807, 2.05) is 34.6 Å². The predicted octanol–water partition coefficient (Wildman–Crippen LogP) is 2.94. The van der Waals surface area contributed by atoms with E-state index in [1.54, 1.807) is 4.90 Å². The van der Waals surface area contributed by atoms with Gasteiger partial charge >= 0.3 is 6.09 Å². The molecule has 0 spiro atoms. The van der Waals surface area contributed by atoms with Crippen molar-refractivity contribution in [1.82, 2.24) is 4.90 Å². The molecule has 0 radical (unpaired) electrons. The first kappa shape index (κ1) is 14.6. The lowest BCUT2D eigenvalue weighted by Gasteiger charge is -2.29. The summed E-state index contributed by atoms with van der Waals surface area (Å²) in [4.78, 5) is 16.0. The van der Waals surface area contributed by atoms with Gasteiger partial charge in [-0.3, -0.25) is 0 Å².